The smallest absolute Gasteiger partial charge is 0.329 e. The van der Waals surface area contributed by atoms with Crippen LogP contribution in [0.4, 0.5) is 4.79 Å². The van der Waals surface area contributed by atoms with Gasteiger partial charge < -0.3 is 20.5 Å². The molecule has 1 rings (SSSR count). The summed E-state index contributed by atoms with van der Waals surface area (Å²) in [6.45, 7) is 4.52. The summed E-state index contributed by atoms with van der Waals surface area (Å²) in [5, 5.41) is 14.2. The molecule has 0 radical (unpaired) electrons. The van der Waals surface area contributed by atoms with Crippen LogP contribution in [0.15, 0.2) is 0 Å². The van der Waals surface area contributed by atoms with Crippen molar-refractivity contribution in [2.45, 2.75) is 57.6 Å². The highest BCUT2D eigenvalue weighted by Gasteiger charge is 2.32. The summed E-state index contributed by atoms with van der Waals surface area (Å²) < 4.78 is 5.55. The van der Waals surface area contributed by atoms with Crippen molar-refractivity contribution in [3.05, 3.63) is 0 Å². The number of carbonyl (C=O) groups is 2. The van der Waals surface area contributed by atoms with E-state index in [4.69, 9.17) is 9.84 Å². The molecule has 110 valence electrons. The fourth-order valence-electron chi connectivity index (χ4n) is 1.97. The third-order valence-electron chi connectivity index (χ3n) is 3.59. The Kier molecular flexibility index (Phi) is 6.08. The molecule has 0 aromatic rings. The highest BCUT2D eigenvalue weighted by molar-refractivity contribution is 5.85. The number of carbonyl (C=O) groups excluding carboxylic acids is 1. The molecule has 0 spiro atoms. The number of hydrogen-bond acceptors (Lipinski definition) is 3. The second kappa shape index (κ2) is 7.33. The lowest BCUT2D eigenvalue weighted by atomic mass is 10.00. The Bertz CT molecular complexity index is 316. The first-order valence-corrected chi connectivity index (χ1v) is 6.89. The van der Waals surface area contributed by atoms with Gasteiger partial charge in [-0.15, -0.1) is 0 Å². The monoisotopic (exact) mass is 272 g/mol. The van der Waals surface area contributed by atoms with E-state index >= 15 is 0 Å². The predicted octanol–water partition coefficient (Wildman–Crippen LogP) is 1.50. The van der Waals surface area contributed by atoms with Crippen LogP contribution in [0, 0.1) is 0 Å². The molecule has 2 amide bonds. The molecule has 6 nitrogen and oxygen atoms in total. The molecule has 2 atom stereocenters. The first kappa shape index (κ1) is 15.8. The second-order valence-electron chi connectivity index (χ2n) is 5.15. The van der Waals surface area contributed by atoms with Crippen molar-refractivity contribution in [3.63, 3.8) is 0 Å². The molecule has 1 heterocycles. The summed E-state index contributed by atoms with van der Waals surface area (Å²) in [7, 11) is 0. The predicted molar refractivity (Wildman–Crippen MR) is 71.1 cm³/mol. The lowest BCUT2D eigenvalue weighted by Crippen LogP contribution is -2.55. The van der Waals surface area contributed by atoms with Crippen LogP contribution in [0.5, 0.6) is 0 Å². The maximum Gasteiger partial charge on any atom is 0.329 e. The Balaban J connectivity index is 2.25. The van der Waals surface area contributed by atoms with Gasteiger partial charge in [0, 0.05) is 13.2 Å². The molecule has 0 bridgehead atoms. The fraction of sp³-hybridized carbons (Fsp3) is 0.846. The topological polar surface area (TPSA) is 87.7 Å². The van der Waals surface area contributed by atoms with Crippen molar-refractivity contribution in [2.24, 2.45) is 0 Å². The summed E-state index contributed by atoms with van der Waals surface area (Å²) in [5.74, 6) is -1.03. The van der Waals surface area contributed by atoms with Gasteiger partial charge in [0.05, 0.1) is 6.10 Å². The Morgan fingerprint density at radius 2 is 2.16 bits per heavy atom. The van der Waals surface area contributed by atoms with Gasteiger partial charge in [-0.25, -0.2) is 9.59 Å². The minimum absolute atomic E-state index is 0.214. The number of carboxylic acids is 1. The first-order chi connectivity index (χ1) is 8.98. The van der Waals surface area contributed by atoms with Crippen molar-refractivity contribution < 1.29 is 19.4 Å². The van der Waals surface area contributed by atoms with Gasteiger partial charge in [-0.05, 0) is 39.0 Å². The average Bonchev–Trinajstić information content (AvgIpc) is 2.39. The van der Waals surface area contributed by atoms with E-state index in [-0.39, 0.29) is 6.10 Å². The van der Waals surface area contributed by atoms with Crippen molar-refractivity contribution in [1.82, 2.24) is 10.6 Å². The van der Waals surface area contributed by atoms with Crippen LogP contribution < -0.4 is 10.6 Å². The number of aliphatic carboxylic acids is 1. The van der Waals surface area contributed by atoms with Crippen molar-refractivity contribution in [2.75, 3.05) is 13.2 Å². The number of ether oxygens (including phenoxy) is 1. The molecule has 1 fully saturated rings. The van der Waals surface area contributed by atoms with E-state index in [2.05, 4.69) is 10.6 Å². The maximum absolute atomic E-state index is 11.6. The average molecular weight is 272 g/mol. The molecule has 0 aromatic heterocycles. The van der Waals surface area contributed by atoms with Gasteiger partial charge in [-0.2, -0.15) is 0 Å². The summed E-state index contributed by atoms with van der Waals surface area (Å²) in [6.07, 6.45) is 4.63. The molecule has 19 heavy (non-hydrogen) atoms. The summed E-state index contributed by atoms with van der Waals surface area (Å²) >= 11 is 0. The molecule has 2 unspecified atom stereocenters. The Labute approximate surface area is 113 Å². The van der Waals surface area contributed by atoms with E-state index in [0.29, 0.717) is 13.0 Å². The first-order valence-electron chi connectivity index (χ1n) is 6.89. The highest BCUT2D eigenvalue weighted by Crippen LogP contribution is 2.14. The van der Waals surface area contributed by atoms with E-state index < -0.39 is 17.5 Å². The molecule has 3 N–H and O–H groups in total. The largest absolute Gasteiger partial charge is 0.480 e. The van der Waals surface area contributed by atoms with Gasteiger partial charge in [-0.1, -0.05) is 6.92 Å². The fourth-order valence-corrected chi connectivity index (χ4v) is 1.97. The molecule has 0 saturated carbocycles. The van der Waals surface area contributed by atoms with Crippen LogP contribution >= 0.6 is 0 Å². The molecule has 6 heteroatoms. The molecule has 1 saturated heterocycles. The van der Waals surface area contributed by atoms with Gasteiger partial charge in [0.1, 0.15) is 5.54 Å². The van der Waals surface area contributed by atoms with Crippen LogP contribution in [-0.4, -0.2) is 41.9 Å². The van der Waals surface area contributed by atoms with Gasteiger partial charge in [0.25, 0.3) is 0 Å². The van der Waals surface area contributed by atoms with Crippen LogP contribution in [0.3, 0.4) is 0 Å². The van der Waals surface area contributed by atoms with Crippen molar-refractivity contribution in [1.29, 1.82) is 0 Å². The second-order valence-corrected chi connectivity index (χ2v) is 5.15. The molecular weight excluding hydrogens is 248 g/mol. The summed E-state index contributed by atoms with van der Waals surface area (Å²) in [6, 6.07) is -0.442. The van der Waals surface area contributed by atoms with Gasteiger partial charge in [0.15, 0.2) is 0 Å². The summed E-state index contributed by atoms with van der Waals surface area (Å²) in [5.41, 5.74) is -1.22. The minimum Gasteiger partial charge on any atom is -0.480 e. The zero-order valence-electron chi connectivity index (χ0n) is 11.7. The lowest BCUT2D eigenvalue weighted by molar-refractivity contribution is -0.143. The third kappa shape index (κ3) is 5.06. The summed E-state index contributed by atoms with van der Waals surface area (Å²) in [4.78, 5) is 22.7. The standard InChI is InChI=1S/C13H24N2O4/c1-3-13(2,11(16)17)15-12(18)14-8-7-10-6-4-5-9-19-10/h10H,3-9H2,1-2H3,(H,16,17)(H2,14,15,18). The van der Waals surface area contributed by atoms with Gasteiger partial charge in [0.2, 0.25) is 0 Å². The van der Waals surface area contributed by atoms with Crippen molar-refractivity contribution >= 4 is 12.0 Å². The van der Waals surface area contributed by atoms with Gasteiger partial charge in [-0.3, -0.25) is 0 Å². The molecule has 0 aliphatic carbocycles. The molecular formula is C13H24N2O4. The van der Waals surface area contributed by atoms with E-state index in [9.17, 15) is 9.59 Å². The third-order valence-corrected chi connectivity index (χ3v) is 3.59. The van der Waals surface area contributed by atoms with E-state index in [0.717, 1.165) is 25.9 Å². The SMILES string of the molecule is CCC(C)(NC(=O)NCCC1CCCCO1)C(=O)O. The number of hydrogen-bond donors (Lipinski definition) is 3. The Hall–Kier alpha value is -1.30. The highest BCUT2D eigenvalue weighted by atomic mass is 16.5. The van der Waals surface area contributed by atoms with E-state index in [1.807, 2.05) is 0 Å². The Morgan fingerprint density at radius 1 is 1.42 bits per heavy atom. The number of carboxylic acid groups (broad SMARTS) is 1. The van der Waals surface area contributed by atoms with Crippen LogP contribution in [0.1, 0.15) is 46.0 Å². The van der Waals surface area contributed by atoms with Crippen molar-refractivity contribution in [3.8, 4) is 0 Å². The van der Waals surface area contributed by atoms with Crippen LogP contribution in [0.25, 0.3) is 0 Å². The number of rotatable bonds is 6. The number of nitrogens with one attached hydrogen (secondary N) is 2. The number of urea groups is 1. The minimum atomic E-state index is -1.22. The molecule has 1 aliphatic rings. The Morgan fingerprint density at radius 3 is 2.68 bits per heavy atom. The molecule has 0 aromatic carbocycles. The lowest BCUT2D eigenvalue weighted by Gasteiger charge is -2.25. The van der Waals surface area contributed by atoms with E-state index in [1.54, 1.807) is 6.92 Å². The quantitative estimate of drug-likeness (QED) is 0.683. The maximum atomic E-state index is 11.6. The van der Waals surface area contributed by atoms with Gasteiger partial charge >= 0.3 is 12.0 Å². The number of amides is 2. The molecule has 1 aliphatic heterocycles. The normalized spacial score (nSPS) is 22.3. The zero-order chi connectivity index (χ0) is 14.3. The van der Waals surface area contributed by atoms with Crippen LogP contribution in [-0.2, 0) is 9.53 Å². The zero-order valence-corrected chi connectivity index (χ0v) is 11.7. The van der Waals surface area contributed by atoms with Crippen LogP contribution in [0.2, 0.25) is 0 Å². The van der Waals surface area contributed by atoms with E-state index in [1.165, 1.54) is 13.3 Å².